The zero-order chi connectivity index (χ0) is 19.1. The maximum absolute atomic E-state index is 11.0. The fourth-order valence-corrected chi connectivity index (χ4v) is 2.96. The maximum Gasteiger partial charge on any atom is 0.293 e. The second-order valence-electron chi connectivity index (χ2n) is 5.98. The van der Waals surface area contributed by atoms with Crippen molar-refractivity contribution in [2.75, 3.05) is 12.1 Å². The summed E-state index contributed by atoms with van der Waals surface area (Å²) in [4.78, 5) is 19.0. The van der Waals surface area contributed by atoms with Gasteiger partial charge >= 0.3 is 0 Å². The molecular formula is C15H17N5O6. The van der Waals surface area contributed by atoms with Crippen LogP contribution in [-0.4, -0.2) is 65.4 Å². The van der Waals surface area contributed by atoms with Gasteiger partial charge in [-0.05, 0) is 6.92 Å². The molecule has 26 heavy (non-hydrogen) atoms. The Balaban J connectivity index is 2.22. The van der Waals surface area contributed by atoms with E-state index in [0.29, 0.717) is 0 Å². The summed E-state index contributed by atoms with van der Waals surface area (Å²) in [6.45, 7) is 0.852. The van der Waals surface area contributed by atoms with Crippen LogP contribution in [-0.2, 0) is 9.53 Å². The lowest BCUT2D eigenvalue weighted by molar-refractivity contribution is -0.112. The van der Waals surface area contributed by atoms with Gasteiger partial charge in [-0.2, -0.15) is 0 Å². The van der Waals surface area contributed by atoms with Gasteiger partial charge in [0.2, 0.25) is 0 Å². The van der Waals surface area contributed by atoms with Crippen LogP contribution in [0.4, 0.5) is 5.82 Å². The van der Waals surface area contributed by atoms with Crippen molar-refractivity contribution >= 4 is 22.8 Å². The molecule has 2 aromatic heterocycles. The van der Waals surface area contributed by atoms with E-state index in [2.05, 4.69) is 21.8 Å². The van der Waals surface area contributed by atoms with Crippen molar-refractivity contribution in [3.63, 3.8) is 0 Å². The highest BCUT2D eigenvalue weighted by molar-refractivity contribution is 5.97. The molecule has 138 valence electrons. The van der Waals surface area contributed by atoms with Crippen molar-refractivity contribution in [2.45, 2.75) is 31.0 Å². The molecule has 11 nitrogen and oxygen atoms in total. The number of nitrogens with one attached hydrogen (secondary N) is 1. The third-order valence-corrected chi connectivity index (χ3v) is 4.22. The molecule has 0 aliphatic carbocycles. The fourth-order valence-electron chi connectivity index (χ4n) is 2.96. The Kier molecular flexibility index (Phi) is 4.53. The molecule has 1 saturated heterocycles. The number of nitrogens with two attached hydrogens (primary N) is 1. The van der Waals surface area contributed by atoms with Gasteiger partial charge in [0.05, 0.1) is 17.6 Å². The molecular weight excluding hydrogens is 346 g/mol. The van der Waals surface area contributed by atoms with Gasteiger partial charge in [0.25, 0.3) is 5.91 Å². The van der Waals surface area contributed by atoms with Gasteiger partial charge in [0, 0.05) is 12.1 Å². The molecule has 1 aliphatic rings. The number of fused-ring (bicyclic) bond motifs is 1. The number of hydrogen-bond acceptors (Lipinski definition) is 9. The summed E-state index contributed by atoms with van der Waals surface area (Å²) in [6, 6.07) is 0. The first-order valence-corrected chi connectivity index (χ1v) is 7.55. The number of rotatable bonds is 3. The lowest BCUT2D eigenvalue weighted by Crippen LogP contribution is -2.44. The van der Waals surface area contributed by atoms with Crippen LogP contribution in [0.1, 0.15) is 18.7 Å². The predicted octanol–water partition coefficient (Wildman–Crippen LogP) is -1.93. The fraction of sp³-hybridized carbons (Fsp3) is 0.400. The Morgan fingerprint density at radius 2 is 2.27 bits per heavy atom. The number of hydrogen-bond donors (Lipinski definition) is 6. The third kappa shape index (κ3) is 2.75. The molecule has 1 amide bonds. The highest BCUT2D eigenvalue weighted by atomic mass is 16.6. The number of carbonyl (C=O) groups is 1. The first-order valence-electron chi connectivity index (χ1n) is 7.55. The molecule has 4 atom stereocenters. The van der Waals surface area contributed by atoms with Crippen molar-refractivity contribution in [3.8, 4) is 11.8 Å². The van der Waals surface area contributed by atoms with E-state index in [1.807, 2.05) is 5.48 Å². The zero-order valence-corrected chi connectivity index (χ0v) is 13.6. The first kappa shape index (κ1) is 18.1. The minimum atomic E-state index is -1.76. The lowest BCUT2D eigenvalue weighted by Gasteiger charge is -2.27. The van der Waals surface area contributed by atoms with Crippen molar-refractivity contribution in [3.05, 3.63) is 18.1 Å². The topological polar surface area (TPSA) is 176 Å². The van der Waals surface area contributed by atoms with Crippen LogP contribution in [0.5, 0.6) is 0 Å². The number of carbonyl (C=O) groups excluding carboxylic acids is 1. The minimum absolute atomic E-state index is 0.0133. The van der Waals surface area contributed by atoms with Gasteiger partial charge in [-0.1, -0.05) is 5.92 Å². The smallest absolute Gasteiger partial charge is 0.293 e. The standard InChI is InChI=1S/C15H17N5O6/c1-15(24)11(23)8(5-21)26-14(15)20-4-7(2-3-9(16)22)10-12(19-25)17-6-18-13(10)20/h4,6,8,11,14,21,23-25H,5H2,1H3,(H2,16,22)(H,17,18,19). The van der Waals surface area contributed by atoms with Crippen molar-refractivity contribution in [2.24, 2.45) is 5.73 Å². The number of primary amides is 1. The molecule has 3 rings (SSSR count). The largest absolute Gasteiger partial charge is 0.394 e. The SMILES string of the molecule is CC1(O)C(O)C(CO)OC1n1cc(C#CC(N)=O)c2c(NO)ncnc21. The average molecular weight is 363 g/mol. The number of aliphatic hydroxyl groups is 3. The summed E-state index contributed by atoms with van der Waals surface area (Å²) < 4.78 is 6.95. The first-order chi connectivity index (χ1) is 12.3. The van der Waals surface area contributed by atoms with Crippen LogP contribution in [0.3, 0.4) is 0 Å². The van der Waals surface area contributed by atoms with E-state index in [0.717, 1.165) is 6.33 Å². The number of anilines is 1. The third-order valence-electron chi connectivity index (χ3n) is 4.22. The monoisotopic (exact) mass is 363 g/mol. The normalized spacial score (nSPS) is 28.0. The van der Waals surface area contributed by atoms with E-state index in [-0.39, 0.29) is 22.4 Å². The number of amides is 1. The van der Waals surface area contributed by atoms with E-state index in [1.54, 1.807) is 0 Å². The molecule has 2 aromatic rings. The van der Waals surface area contributed by atoms with Gasteiger partial charge < -0.3 is 30.4 Å². The van der Waals surface area contributed by atoms with E-state index in [9.17, 15) is 25.3 Å². The Labute approximate surface area is 147 Å². The molecule has 1 aliphatic heterocycles. The van der Waals surface area contributed by atoms with Gasteiger partial charge in [-0.25, -0.2) is 9.97 Å². The number of nitrogens with zero attached hydrogens (tertiary/aromatic N) is 3. The highest BCUT2D eigenvalue weighted by Gasteiger charge is 2.53. The second kappa shape index (κ2) is 6.52. The molecule has 0 saturated carbocycles. The Hall–Kier alpha value is -2.75. The molecule has 11 heteroatoms. The Bertz CT molecular complexity index is 914. The molecule has 3 heterocycles. The van der Waals surface area contributed by atoms with Crippen LogP contribution in [0.2, 0.25) is 0 Å². The van der Waals surface area contributed by atoms with Crippen molar-refractivity contribution < 1.29 is 30.1 Å². The summed E-state index contributed by atoms with van der Waals surface area (Å²) in [7, 11) is 0. The van der Waals surface area contributed by atoms with Crippen LogP contribution < -0.4 is 11.2 Å². The molecule has 1 fully saturated rings. The maximum atomic E-state index is 11.0. The molecule has 0 aromatic carbocycles. The number of aromatic nitrogens is 3. The molecule has 7 N–H and O–H groups in total. The van der Waals surface area contributed by atoms with E-state index in [4.69, 9.17) is 10.5 Å². The van der Waals surface area contributed by atoms with Gasteiger partial charge in [-0.3, -0.25) is 15.5 Å². The molecule has 0 spiro atoms. The van der Waals surface area contributed by atoms with Crippen LogP contribution in [0.15, 0.2) is 12.5 Å². The summed E-state index contributed by atoms with van der Waals surface area (Å²) in [5, 5.41) is 39.7. The Morgan fingerprint density at radius 3 is 2.85 bits per heavy atom. The van der Waals surface area contributed by atoms with Crippen molar-refractivity contribution in [1.29, 1.82) is 0 Å². The number of aliphatic hydroxyl groups excluding tert-OH is 2. The predicted molar refractivity (Wildman–Crippen MR) is 86.6 cm³/mol. The summed E-state index contributed by atoms with van der Waals surface area (Å²) in [5.74, 6) is 3.87. The molecule has 4 unspecified atom stereocenters. The van der Waals surface area contributed by atoms with Gasteiger partial charge in [-0.15, -0.1) is 0 Å². The quantitative estimate of drug-likeness (QED) is 0.268. The summed E-state index contributed by atoms with van der Waals surface area (Å²) >= 11 is 0. The second-order valence-corrected chi connectivity index (χ2v) is 5.98. The zero-order valence-electron chi connectivity index (χ0n) is 13.6. The van der Waals surface area contributed by atoms with Gasteiger partial charge in [0.15, 0.2) is 12.0 Å². The Morgan fingerprint density at radius 1 is 1.54 bits per heavy atom. The summed E-state index contributed by atoms with van der Waals surface area (Å²) in [6.07, 6.45) is -0.909. The number of ether oxygens (including phenoxy) is 1. The van der Waals surface area contributed by atoms with E-state index in [1.165, 1.54) is 17.7 Å². The van der Waals surface area contributed by atoms with Gasteiger partial charge in [0.1, 0.15) is 29.8 Å². The molecule has 0 radical (unpaired) electrons. The lowest BCUT2D eigenvalue weighted by atomic mass is 9.96. The average Bonchev–Trinajstić information content (AvgIpc) is 3.08. The van der Waals surface area contributed by atoms with Crippen LogP contribution in [0, 0.1) is 11.8 Å². The highest BCUT2D eigenvalue weighted by Crippen LogP contribution is 2.40. The molecule has 0 bridgehead atoms. The van der Waals surface area contributed by atoms with E-state index < -0.39 is 36.6 Å². The minimum Gasteiger partial charge on any atom is -0.394 e. The van der Waals surface area contributed by atoms with Crippen molar-refractivity contribution in [1.82, 2.24) is 14.5 Å². The van der Waals surface area contributed by atoms with E-state index >= 15 is 0 Å². The van der Waals surface area contributed by atoms with Crippen LogP contribution in [0.25, 0.3) is 11.0 Å². The summed E-state index contributed by atoms with van der Waals surface area (Å²) in [5.41, 5.74) is 5.64. The van der Waals surface area contributed by atoms with Crippen LogP contribution >= 0.6 is 0 Å².